The summed E-state index contributed by atoms with van der Waals surface area (Å²) in [5.41, 5.74) is 13.3. The minimum atomic E-state index is -0.599. The standard InChI is InChI=1S/C21H19N7O3/c1-30-15-9-5-6-13(10-15)18-16(11-28(27-18)14-7-3-2-4-8-14)19(29)31-12-17-24-20(22)26-21(23)25-17/h2-11H,12H2,1H3,(H4,22,23,24,25,26). The van der Waals surface area contributed by atoms with Crippen LogP contribution in [0.4, 0.5) is 11.9 Å². The van der Waals surface area contributed by atoms with E-state index in [0.29, 0.717) is 17.0 Å². The molecule has 2 aromatic heterocycles. The van der Waals surface area contributed by atoms with Gasteiger partial charge in [0.05, 0.1) is 12.8 Å². The summed E-state index contributed by atoms with van der Waals surface area (Å²) in [6.45, 7) is -0.218. The van der Waals surface area contributed by atoms with Crippen molar-refractivity contribution in [2.24, 2.45) is 0 Å². The van der Waals surface area contributed by atoms with Gasteiger partial charge in [0.2, 0.25) is 11.9 Å². The fraction of sp³-hybridized carbons (Fsp3) is 0.0952. The number of hydrogen-bond acceptors (Lipinski definition) is 9. The summed E-state index contributed by atoms with van der Waals surface area (Å²) < 4.78 is 12.3. The monoisotopic (exact) mass is 417 g/mol. The quantitative estimate of drug-likeness (QED) is 0.451. The maximum absolute atomic E-state index is 12.9. The maximum Gasteiger partial charge on any atom is 0.342 e. The van der Waals surface area contributed by atoms with Crippen molar-refractivity contribution in [3.8, 4) is 22.7 Å². The second-order valence-corrected chi connectivity index (χ2v) is 6.45. The van der Waals surface area contributed by atoms with Crippen LogP contribution in [0.25, 0.3) is 16.9 Å². The number of ether oxygens (including phenoxy) is 2. The highest BCUT2D eigenvalue weighted by Gasteiger charge is 2.21. The average Bonchev–Trinajstić information content (AvgIpc) is 3.23. The molecule has 0 saturated heterocycles. The zero-order valence-electron chi connectivity index (χ0n) is 16.6. The number of carbonyl (C=O) groups is 1. The number of para-hydroxylation sites is 1. The van der Waals surface area contributed by atoms with Crippen LogP contribution in [0.5, 0.6) is 5.75 Å². The van der Waals surface area contributed by atoms with Crippen molar-refractivity contribution in [2.75, 3.05) is 18.6 Å². The highest BCUT2D eigenvalue weighted by Crippen LogP contribution is 2.27. The summed E-state index contributed by atoms with van der Waals surface area (Å²) in [7, 11) is 1.57. The largest absolute Gasteiger partial charge is 0.497 e. The van der Waals surface area contributed by atoms with Crippen molar-refractivity contribution in [2.45, 2.75) is 6.61 Å². The lowest BCUT2D eigenvalue weighted by Gasteiger charge is -2.06. The molecule has 0 radical (unpaired) electrons. The Bertz CT molecular complexity index is 1200. The lowest BCUT2D eigenvalue weighted by atomic mass is 10.1. The molecule has 0 aliphatic carbocycles. The van der Waals surface area contributed by atoms with Crippen LogP contribution in [0, 0.1) is 0 Å². The first kappa shape index (κ1) is 19.8. The zero-order valence-corrected chi connectivity index (χ0v) is 16.6. The summed E-state index contributed by atoms with van der Waals surface area (Å²) in [5, 5.41) is 4.61. The molecule has 0 saturated carbocycles. The van der Waals surface area contributed by atoms with Gasteiger partial charge in [0.1, 0.15) is 17.0 Å². The Morgan fingerprint density at radius 2 is 1.74 bits per heavy atom. The van der Waals surface area contributed by atoms with Crippen molar-refractivity contribution in [1.82, 2.24) is 24.7 Å². The van der Waals surface area contributed by atoms with Gasteiger partial charge in [0.25, 0.3) is 0 Å². The van der Waals surface area contributed by atoms with Gasteiger partial charge >= 0.3 is 5.97 Å². The van der Waals surface area contributed by atoms with E-state index in [2.05, 4.69) is 20.1 Å². The number of nitrogens with two attached hydrogens (primary N) is 2. The van der Waals surface area contributed by atoms with Gasteiger partial charge in [0.15, 0.2) is 12.4 Å². The number of carbonyl (C=O) groups excluding carboxylic acids is 1. The van der Waals surface area contributed by atoms with E-state index in [1.54, 1.807) is 24.1 Å². The first-order valence-electron chi connectivity index (χ1n) is 9.26. The predicted octanol–water partition coefficient (Wildman–Crippen LogP) is 2.25. The molecule has 4 N–H and O–H groups in total. The highest BCUT2D eigenvalue weighted by atomic mass is 16.5. The number of benzene rings is 2. The third kappa shape index (κ3) is 4.42. The third-order valence-corrected chi connectivity index (χ3v) is 4.35. The topological polar surface area (TPSA) is 144 Å². The van der Waals surface area contributed by atoms with E-state index in [1.165, 1.54) is 0 Å². The van der Waals surface area contributed by atoms with Crippen molar-refractivity contribution in [3.63, 3.8) is 0 Å². The molecule has 0 aliphatic heterocycles. The summed E-state index contributed by atoms with van der Waals surface area (Å²) in [4.78, 5) is 24.5. The Labute approximate surface area is 177 Å². The van der Waals surface area contributed by atoms with Gasteiger partial charge in [-0.1, -0.05) is 30.3 Å². The highest BCUT2D eigenvalue weighted by molar-refractivity contribution is 5.96. The van der Waals surface area contributed by atoms with Crippen LogP contribution in [0.1, 0.15) is 16.2 Å². The van der Waals surface area contributed by atoms with Gasteiger partial charge in [-0.25, -0.2) is 9.48 Å². The molecule has 2 aromatic carbocycles. The number of nitrogen functional groups attached to an aromatic ring is 2. The van der Waals surface area contributed by atoms with E-state index >= 15 is 0 Å². The Balaban J connectivity index is 1.69. The molecule has 10 nitrogen and oxygen atoms in total. The molecule has 0 aliphatic rings. The molecule has 0 fully saturated rings. The van der Waals surface area contributed by atoms with Crippen LogP contribution >= 0.6 is 0 Å². The van der Waals surface area contributed by atoms with Gasteiger partial charge in [0, 0.05) is 11.8 Å². The van der Waals surface area contributed by atoms with Crippen LogP contribution in [0.2, 0.25) is 0 Å². The van der Waals surface area contributed by atoms with Gasteiger partial charge in [-0.3, -0.25) is 0 Å². The molecule has 0 bridgehead atoms. The molecular formula is C21H19N7O3. The molecule has 156 valence electrons. The van der Waals surface area contributed by atoms with Gasteiger partial charge in [-0.05, 0) is 24.3 Å². The molecular weight excluding hydrogens is 398 g/mol. The van der Waals surface area contributed by atoms with E-state index in [9.17, 15) is 4.79 Å². The number of methoxy groups -OCH3 is 1. The first-order chi connectivity index (χ1) is 15.0. The number of anilines is 2. The third-order valence-electron chi connectivity index (χ3n) is 4.35. The Hall–Kier alpha value is -4.47. The van der Waals surface area contributed by atoms with E-state index in [4.69, 9.17) is 20.9 Å². The maximum atomic E-state index is 12.9. The van der Waals surface area contributed by atoms with Crippen LogP contribution < -0.4 is 16.2 Å². The fourth-order valence-corrected chi connectivity index (χ4v) is 2.95. The number of nitrogens with zero attached hydrogens (tertiary/aromatic N) is 5. The smallest absolute Gasteiger partial charge is 0.342 e. The van der Waals surface area contributed by atoms with Gasteiger partial charge in [-0.2, -0.15) is 20.1 Å². The normalized spacial score (nSPS) is 10.6. The Morgan fingerprint density at radius 3 is 2.45 bits per heavy atom. The van der Waals surface area contributed by atoms with Crippen LogP contribution in [-0.2, 0) is 11.3 Å². The van der Waals surface area contributed by atoms with Crippen molar-refractivity contribution >= 4 is 17.9 Å². The molecule has 4 aromatic rings. The van der Waals surface area contributed by atoms with Crippen molar-refractivity contribution < 1.29 is 14.3 Å². The predicted molar refractivity (Wildman–Crippen MR) is 113 cm³/mol. The summed E-state index contributed by atoms with van der Waals surface area (Å²) in [6.07, 6.45) is 1.61. The molecule has 4 rings (SSSR count). The number of aromatic nitrogens is 5. The van der Waals surface area contributed by atoms with E-state index < -0.39 is 5.97 Å². The second-order valence-electron chi connectivity index (χ2n) is 6.45. The Kier molecular flexibility index (Phi) is 5.43. The lowest BCUT2D eigenvalue weighted by Crippen LogP contribution is -2.11. The van der Waals surface area contributed by atoms with Crippen LogP contribution in [0.15, 0.2) is 60.8 Å². The Morgan fingerprint density at radius 1 is 1.00 bits per heavy atom. The van der Waals surface area contributed by atoms with Crippen molar-refractivity contribution in [1.29, 1.82) is 0 Å². The molecule has 0 atom stereocenters. The first-order valence-corrected chi connectivity index (χ1v) is 9.26. The van der Waals surface area contributed by atoms with Gasteiger partial charge < -0.3 is 20.9 Å². The minimum absolute atomic E-state index is 0.0486. The average molecular weight is 417 g/mol. The fourth-order valence-electron chi connectivity index (χ4n) is 2.95. The molecule has 2 heterocycles. The van der Waals surface area contributed by atoms with E-state index in [1.807, 2.05) is 48.5 Å². The molecule has 31 heavy (non-hydrogen) atoms. The summed E-state index contributed by atoms with van der Waals surface area (Å²) in [5.74, 6) is 0.0940. The van der Waals surface area contributed by atoms with E-state index in [0.717, 1.165) is 5.69 Å². The van der Waals surface area contributed by atoms with Crippen LogP contribution in [0.3, 0.4) is 0 Å². The lowest BCUT2D eigenvalue weighted by molar-refractivity contribution is 0.0463. The molecule has 10 heteroatoms. The zero-order chi connectivity index (χ0) is 21.8. The number of hydrogen-bond donors (Lipinski definition) is 2. The second kappa shape index (κ2) is 8.49. The van der Waals surface area contributed by atoms with Crippen LogP contribution in [-0.4, -0.2) is 37.8 Å². The SMILES string of the molecule is COc1cccc(-c2nn(-c3ccccc3)cc2C(=O)OCc2nc(N)nc(N)n2)c1. The van der Waals surface area contributed by atoms with Gasteiger partial charge in [-0.15, -0.1) is 0 Å². The number of esters is 1. The minimum Gasteiger partial charge on any atom is -0.497 e. The molecule has 0 unspecified atom stereocenters. The molecule has 0 amide bonds. The summed E-state index contributed by atoms with van der Waals surface area (Å²) >= 11 is 0. The summed E-state index contributed by atoms with van der Waals surface area (Å²) in [6, 6.07) is 16.7. The van der Waals surface area contributed by atoms with E-state index in [-0.39, 0.29) is 29.9 Å². The molecule has 0 spiro atoms. The number of rotatable bonds is 6. The van der Waals surface area contributed by atoms with Crippen molar-refractivity contribution in [3.05, 3.63) is 72.2 Å².